The van der Waals surface area contributed by atoms with E-state index in [9.17, 15) is 4.79 Å². The molecule has 0 aliphatic rings. The Morgan fingerprint density at radius 1 is 1.11 bits per heavy atom. The molecule has 0 spiro atoms. The number of aromatic nitrogens is 4. The monoisotopic (exact) mass is 532 g/mol. The molecule has 3 heterocycles. The maximum absolute atomic E-state index is 12.2. The van der Waals surface area contributed by atoms with Gasteiger partial charge in [0.25, 0.3) is 0 Å². The third-order valence-corrected chi connectivity index (χ3v) is 6.00. The van der Waals surface area contributed by atoms with E-state index in [0.717, 1.165) is 29.9 Å². The topological polar surface area (TPSA) is 108 Å². The van der Waals surface area contributed by atoms with Crippen LogP contribution in [0.5, 0.6) is 5.75 Å². The number of pyridine rings is 2. The van der Waals surface area contributed by atoms with Crippen molar-refractivity contribution >= 4 is 51.6 Å². The maximum Gasteiger partial charge on any atom is 0.247 e. The number of nitrogens with zero attached hydrogens (tertiary/aromatic N) is 6. The van der Waals surface area contributed by atoms with Crippen LogP contribution in [0.15, 0.2) is 61.7 Å². The molecule has 0 aliphatic carbocycles. The van der Waals surface area contributed by atoms with E-state index in [1.807, 2.05) is 39.3 Å². The van der Waals surface area contributed by atoms with Crippen LogP contribution in [0.2, 0.25) is 5.02 Å². The van der Waals surface area contributed by atoms with E-state index in [0.29, 0.717) is 39.1 Å². The maximum atomic E-state index is 12.2. The summed E-state index contributed by atoms with van der Waals surface area (Å²) in [5.74, 6) is 0.563. The van der Waals surface area contributed by atoms with Crippen LogP contribution in [0.25, 0.3) is 22.2 Å². The van der Waals surface area contributed by atoms with E-state index < -0.39 is 0 Å². The fourth-order valence-electron chi connectivity index (χ4n) is 3.82. The number of anilines is 4. The number of benzene rings is 1. The molecule has 38 heavy (non-hydrogen) atoms. The first kappa shape index (κ1) is 26.8. The lowest BCUT2D eigenvalue weighted by Crippen LogP contribution is -2.29. The highest BCUT2D eigenvalue weighted by Crippen LogP contribution is 2.38. The lowest BCUT2D eigenvalue weighted by molar-refractivity contribution is -0.111. The first-order valence-corrected chi connectivity index (χ1v) is 12.2. The van der Waals surface area contributed by atoms with Gasteiger partial charge in [0.1, 0.15) is 16.8 Å². The number of carbonyl (C=O) groups is 1. The minimum Gasteiger partial charge on any atom is -0.494 e. The van der Waals surface area contributed by atoms with Gasteiger partial charge in [0.15, 0.2) is 0 Å². The molecule has 196 valence electrons. The number of ether oxygens (including phenoxy) is 1. The van der Waals surface area contributed by atoms with Crippen LogP contribution in [0, 0.1) is 0 Å². The molecule has 3 aromatic heterocycles. The highest BCUT2D eigenvalue weighted by Gasteiger charge is 2.17. The Kier molecular flexibility index (Phi) is 8.35. The van der Waals surface area contributed by atoms with Crippen LogP contribution >= 0.6 is 11.6 Å². The zero-order valence-electron chi connectivity index (χ0n) is 21.7. The normalized spacial score (nSPS) is 10.9. The van der Waals surface area contributed by atoms with Crippen molar-refractivity contribution in [3.05, 3.63) is 66.7 Å². The molecule has 10 nitrogen and oxygen atoms in total. The third kappa shape index (κ3) is 6.16. The summed E-state index contributed by atoms with van der Waals surface area (Å²) in [5.41, 5.74) is 4.85. The van der Waals surface area contributed by atoms with Crippen molar-refractivity contribution < 1.29 is 9.53 Å². The molecular formula is C27H29ClN8O2. The number of nitrogens with one attached hydrogen (secondary N) is 2. The summed E-state index contributed by atoms with van der Waals surface area (Å²) < 4.78 is 5.69. The van der Waals surface area contributed by atoms with Gasteiger partial charge in [-0.1, -0.05) is 18.2 Å². The summed E-state index contributed by atoms with van der Waals surface area (Å²) >= 11 is 6.17. The van der Waals surface area contributed by atoms with Crippen LogP contribution in [-0.2, 0) is 4.79 Å². The molecule has 0 bridgehead atoms. The highest BCUT2D eigenvalue weighted by atomic mass is 35.5. The quantitative estimate of drug-likeness (QED) is 0.283. The minimum atomic E-state index is -0.323. The Hall–Kier alpha value is -4.28. The number of hydrogen-bond acceptors (Lipinski definition) is 9. The number of fused-ring (bicyclic) bond motifs is 1. The van der Waals surface area contributed by atoms with Gasteiger partial charge in [0.2, 0.25) is 11.9 Å². The molecule has 0 fully saturated rings. The van der Waals surface area contributed by atoms with Crippen molar-refractivity contribution in [1.29, 1.82) is 0 Å². The second-order valence-electron chi connectivity index (χ2n) is 8.79. The molecule has 0 unspecified atom stereocenters. The van der Waals surface area contributed by atoms with Crippen LogP contribution in [0.3, 0.4) is 0 Å². The van der Waals surface area contributed by atoms with Gasteiger partial charge in [0.05, 0.1) is 35.4 Å². The number of likely N-dealkylation sites (N-methyl/N-ethyl adjacent to an activating group) is 2. The molecule has 0 saturated carbocycles. The number of carbonyl (C=O) groups excluding carboxylic acids is 1. The van der Waals surface area contributed by atoms with Crippen molar-refractivity contribution in [2.45, 2.75) is 0 Å². The summed E-state index contributed by atoms with van der Waals surface area (Å²) in [5, 5.41) is 6.65. The summed E-state index contributed by atoms with van der Waals surface area (Å²) in [7, 11) is 7.56. The molecule has 0 radical (unpaired) electrons. The van der Waals surface area contributed by atoms with E-state index in [4.69, 9.17) is 21.3 Å². The van der Waals surface area contributed by atoms with Crippen molar-refractivity contribution in [3.8, 4) is 16.9 Å². The molecule has 0 aliphatic heterocycles. The van der Waals surface area contributed by atoms with E-state index in [1.54, 1.807) is 38.0 Å². The summed E-state index contributed by atoms with van der Waals surface area (Å²) in [4.78, 5) is 34.1. The Morgan fingerprint density at radius 3 is 2.63 bits per heavy atom. The fourth-order valence-corrected chi connectivity index (χ4v) is 3.99. The molecule has 0 atom stereocenters. The van der Waals surface area contributed by atoms with Crippen molar-refractivity contribution in [1.82, 2.24) is 24.8 Å². The largest absolute Gasteiger partial charge is 0.494 e. The average Bonchev–Trinajstić information content (AvgIpc) is 2.91. The van der Waals surface area contributed by atoms with Crippen LogP contribution in [0.4, 0.5) is 23.0 Å². The minimum absolute atomic E-state index is 0.323. The van der Waals surface area contributed by atoms with Crippen LogP contribution < -0.4 is 20.3 Å². The van der Waals surface area contributed by atoms with Gasteiger partial charge < -0.3 is 25.2 Å². The predicted octanol–water partition coefficient (Wildman–Crippen LogP) is 4.61. The van der Waals surface area contributed by atoms with Gasteiger partial charge in [-0.05, 0) is 38.4 Å². The standard InChI is InChI=1S/C27H29ClN8O2/c1-6-25(37)32-20-12-21(24(38-5)13-23(20)36(4)10-9-35(2)3)33-27-31-16-22-26(34-27)19(7-8-30-22)17-11-18(28)15-29-14-17/h6-8,11-16H,1,9-10H2,2-5H3,(H,32,37)(H,31,33,34). The van der Waals surface area contributed by atoms with Gasteiger partial charge in [-0.3, -0.25) is 14.8 Å². The Bertz CT molecular complexity index is 1480. The summed E-state index contributed by atoms with van der Waals surface area (Å²) in [6.07, 6.45) is 7.86. The highest BCUT2D eigenvalue weighted by molar-refractivity contribution is 6.30. The van der Waals surface area contributed by atoms with E-state index in [2.05, 4.69) is 42.0 Å². The van der Waals surface area contributed by atoms with Gasteiger partial charge >= 0.3 is 0 Å². The van der Waals surface area contributed by atoms with Crippen LogP contribution in [0.1, 0.15) is 0 Å². The number of halogens is 1. The van der Waals surface area contributed by atoms with Crippen molar-refractivity contribution in [3.63, 3.8) is 0 Å². The summed E-state index contributed by atoms with van der Waals surface area (Å²) in [6, 6.07) is 7.33. The lowest BCUT2D eigenvalue weighted by atomic mass is 10.1. The average molecular weight is 533 g/mol. The molecule has 4 rings (SSSR count). The van der Waals surface area contributed by atoms with E-state index in [1.165, 1.54) is 6.08 Å². The first-order valence-electron chi connectivity index (χ1n) is 11.8. The molecule has 0 saturated heterocycles. The Morgan fingerprint density at radius 2 is 1.92 bits per heavy atom. The van der Waals surface area contributed by atoms with Gasteiger partial charge in [-0.15, -0.1) is 0 Å². The Labute approximate surface area is 226 Å². The van der Waals surface area contributed by atoms with Crippen molar-refractivity contribution in [2.24, 2.45) is 0 Å². The second-order valence-corrected chi connectivity index (χ2v) is 9.23. The number of methoxy groups -OCH3 is 1. The molecule has 4 aromatic rings. The van der Waals surface area contributed by atoms with Gasteiger partial charge in [0, 0.05) is 55.9 Å². The SMILES string of the molecule is C=CC(=O)Nc1cc(Nc2ncc3nccc(-c4cncc(Cl)c4)c3n2)c(OC)cc1N(C)CCN(C)C. The smallest absolute Gasteiger partial charge is 0.247 e. The number of rotatable bonds is 10. The third-order valence-electron chi connectivity index (χ3n) is 5.80. The van der Waals surface area contributed by atoms with E-state index >= 15 is 0 Å². The summed E-state index contributed by atoms with van der Waals surface area (Å²) in [6.45, 7) is 5.14. The molecule has 11 heteroatoms. The lowest BCUT2D eigenvalue weighted by Gasteiger charge is -2.26. The number of hydrogen-bond donors (Lipinski definition) is 2. The molecular weight excluding hydrogens is 504 g/mol. The van der Waals surface area contributed by atoms with Crippen molar-refractivity contribution in [2.75, 3.05) is 56.9 Å². The molecule has 1 aromatic carbocycles. The zero-order chi connectivity index (χ0) is 27.2. The zero-order valence-corrected chi connectivity index (χ0v) is 22.5. The predicted molar refractivity (Wildman–Crippen MR) is 153 cm³/mol. The van der Waals surface area contributed by atoms with Gasteiger partial charge in [-0.25, -0.2) is 9.97 Å². The Balaban J connectivity index is 1.75. The van der Waals surface area contributed by atoms with E-state index in [-0.39, 0.29) is 5.91 Å². The van der Waals surface area contributed by atoms with Crippen LogP contribution in [-0.4, -0.2) is 72.1 Å². The van der Waals surface area contributed by atoms with Gasteiger partial charge in [-0.2, -0.15) is 0 Å². The molecule has 1 amide bonds. The molecule has 2 N–H and O–H groups in total. The number of amides is 1. The first-order chi connectivity index (χ1) is 18.3. The fraction of sp³-hybridized carbons (Fsp3) is 0.222. The second kappa shape index (κ2) is 11.8.